The molecule has 2 fully saturated rings. The minimum Gasteiger partial charge on any atom is -0.344 e. The summed E-state index contributed by atoms with van der Waals surface area (Å²) in [7, 11) is 0. The molecule has 1 N–H and O–H groups in total. The van der Waals surface area contributed by atoms with E-state index in [-0.39, 0.29) is 35.6 Å². The van der Waals surface area contributed by atoms with Crippen molar-refractivity contribution in [3.63, 3.8) is 0 Å². The second-order valence-electron chi connectivity index (χ2n) is 11.5. The van der Waals surface area contributed by atoms with E-state index in [0.717, 1.165) is 37.7 Å². The molecular weight excluding hydrogens is 558 g/mol. The Balaban J connectivity index is 1.03. The van der Waals surface area contributed by atoms with Crippen LogP contribution in [-0.4, -0.2) is 62.3 Å². The van der Waals surface area contributed by atoms with Gasteiger partial charge >= 0.3 is 0 Å². The number of halogens is 2. The predicted octanol–water partition coefficient (Wildman–Crippen LogP) is 5.37. The number of rotatable bonds is 7. The third kappa shape index (κ3) is 6.16. The van der Waals surface area contributed by atoms with Crippen LogP contribution in [-0.2, 0) is 17.8 Å². The van der Waals surface area contributed by atoms with Gasteiger partial charge in [0.15, 0.2) is 5.82 Å². The molecule has 0 saturated carbocycles. The van der Waals surface area contributed by atoms with Crippen LogP contribution in [0.3, 0.4) is 0 Å². The van der Waals surface area contributed by atoms with Gasteiger partial charge in [-0.25, -0.2) is 8.78 Å². The number of aryl methyl sites for hydroxylation is 1. The Kier molecular flexibility index (Phi) is 8.46. The number of pyridine rings is 1. The third-order valence-electron chi connectivity index (χ3n) is 8.62. The summed E-state index contributed by atoms with van der Waals surface area (Å²) < 4.78 is 30.1. The summed E-state index contributed by atoms with van der Waals surface area (Å²) in [4.78, 5) is 32.4. The van der Waals surface area contributed by atoms with E-state index in [1.54, 1.807) is 22.8 Å². The molecular formula is C31H36F2N6O2S. The predicted molar refractivity (Wildman–Crippen MR) is 159 cm³/mol. The molecule has 6 rings (SSSR count). The maximum absolute atomic E-state index is 13.5. The van der Waals surface area contributed by atoms with Crippen LogP contribution in [0.25, 0.3) is 0 Å². The summed E-state index contributed by atoms with van der Waals surface area (Å²) in [6, 6.07) is 13.0. The van der Waals surface area contributed by atoms with Gasteiger partial charge in [0.05, 0.1) is 6.04 Å². The second-order valence-corrected chi connectivity index (χ2v) is 12.9. The highest BCUT2D eigenvalue weighted by molar-refractivity contribution is 8.01. The molecule has 3 unspecified atom stereocenters. The molecule has 0 radical (unpaired) electrons. The van der Waals surface area contributed by atoms with Crippen molar-refractivity contribution in [2.24, 2.45) is 0 Å². The lowest BCUT2D eigenvalue weighted by molar-refractivity contribution is -0.133. The molecule has 42 heavy (non-hydrogen) atoms. The van der Waals surface area contributed by atoms with E-state index in [9.17, 15) is 18.4 Å². The summed E-state index contributed by atoms with van der Waals surface area (Å²) in [5.74, 6) is 0.493. The summed E-state index contributed by atoms with van der Waals surface area (Å²) in [6.45, 7) is 3.21. The highest BCUT2D eigenvalue weighted by Crippen LogP contribution is 2.39. The van der Waals surface area contributed by atoms with Crippen LogP contribution >= 0.6 is 11.9 Å². The zero-order chi connectivity index (χ0) is 29.2. The number of anilines is 1. The minimum absolute atomic E-state index is 0.00331. The molecule has 4 heterocycles. The second kappa shape index (κ2) is 12.4. The fourth-order valence-electron chi connectivity index (χ4n) is 6.40. The van der Waals surface area contributed by atoms with E-state index in [0.29, 0.717) is 31.0 Å². The molecule has 3 aromatic rings. The lowest BCUT2D eigenvalue weighted by Crippen LogP contribution is -2.40. The Hall–Kier alpha value is -3.47. The number of carbonyl (C=O) groups excluding carboxylic acids is 2. The number of carbonyl (C=O) groups is 2. The molecule has 0 spiro atoms. The smallest absolute Gasteiger partial charge is 0.270 e. The van der Waals surface area contributed by atoms with Crippen molar-refractivity contribution in [2.75, 3.05) is 17.4 Å². The Morgan fingerprint density at radius 1 is 1.12 bits per heavy atom. The highest BCUT2D eigenvalue weighted by atomic mass is 32.2. The summed E-state index contributed by atoms with van der Waals surface area (Å²) >= 11 is 1.37. The third-order valence-corrected chi connectivity index (χ3v) is 9.86. The summed E-state index contributed by atoms with van der Waals surface area (Å²) in [5, 5.41) is 7.72. The van der Waals surface area contributed by atoms with Crippen LogP contribution < -0.4 is 9.62 Å². The first-order valence-corrected chi connectivity index (χ1v) is 15.6. The standard InChI is InChI=1S/C31H36F2N6O2S/c1-20-17-27(30(32)33)39(42-20)28-12-16-38(36-28)19-29(40)37-14-10-21(11-15-37)23-9-13-34-26(18-23)31(41)35-25-8-4-6-22-5-2-3-7-24(22)25/h2-3,5,7,9,12-13,16,18,20-21,25,27,30H,4,6,8,10-11,14-15,17,19H2,1H3,(H,35,41). The maximum atomic E-state index is 13.5. The molecule has 2 amide bonds. The lowest BCUT2D eigenvalue weighted by atomic mass is 9.87. The number of piperidine rings is 1. The number of likely N-dealkylation sites (tertiary alicyclic amines) is 1. The Labute approximate surface area is 249 Å². The van der Waals surface area contributed by atoms with Crippen molar-refractivity contribution in [1.82, 2.24) is 25.0 Å². The van der Waals surface area contributed by atoms with Gasteiger partial charge in [0.1, 0.15) is 18.3 Å². The number of nitrogens with one attached hydrogen (secondary N) is 1. The van der Waals surface area contributed by atoms with Crippen LogP contribution in [0.1, 0.15) is 78.2 Å². The highest BCUT2D eigenvalue weighted by Gasteiger charge is 2.38. The zero-order valence-corrected chi connectivity index (χ0v) is 24.5. The first kappa shape index (κ1) is 28.6. The van der Waals surface area contributed by atoms with Crippen molar-refractivity contribution in [1.29, 1.82) is 0 Å². The van der Waals surface area contributed by atoms with Gasteiger partial charge in [-0.05, 0) is 85.2 Å². The molecule has 8 nitrogen and oxygen atoms in total. The van der Waals surface area contributed by atoms with Gasteiger partial charge in [0, 0.05) is 36.8 Å². The Morgan fingerprint density at radius 2 is 1.93 bits per heavy atom. The zero-order valence-electron chi connectivity index (χ0n) is 23.7. The maximum Gasteiger partial charge on any atom is 0.270 e. The van der Waals surface area contributed by atoms with E-state index in [1.165, 1.54) is 27.8 Å². The Morgan fingerprint density at radius 3 is 2.74 bits per heavy atom. The Bertz CT molecular complexity index is 1430. The van der Waals surface area contributed by atoms with E-state index >= 15 is 0 Å². The molecule has 0 bridgehead atoms. The quantitative estimate of drug-likeness (QED) is 0.371. The van der Waals surface area contributed by atoms with Crippen molar-refractivity contribution in [2.45, 2.75) is 81.7 Å². The molecule has 1 aliphatic carbocycles. The topological polar surface area (TPSA) is 83.4 Å². The average Bonchev–Trinajstić information content (AvgIpc) is 3.64. The van der Waals surface area contributed by atoms with Crippen molar-refractivity contribution in [3.8, 4) is 0 Å². The first-order valence-electron chi connectivity index (χ1n) is 14.8. The number of amides is 2. The molecule has 11 heteroatoms. The van der Waals surface area contributed by atoms with Gasteiger partial charge in [-0.2, -0.15) is 5.10 Å². The number of alkyl halides is 2. The van der Waals surface area contributed by atoms with Gasteiger partial charge in [-0.1, -0.05) is 31.2 Å². The van der Waals surface area contributed by atoms with Crippen LogP contribution in [0.15, 0.2) is 54.9 Å². The van der Waals surface area contributed by atoms with Gasteiger partial charge in [0.2, 0.25) is 5.91 Å². The van der Waals surface area contributed by atoms with Crippen molar-refractivity contribution < 1.29 is 18.4 Å². The summed E-state index contributed by atoms with van der Waals surface area (Å²) in [6.07, 6.45) is 5.92. The number of nitrogens with zero attached hydrogens (tertiary/aromatic N) is 5. The van der Waals surface area contributed by atoms with Gasteiger partial charge < -0.3 is 10.2 Å². The average molecular weight is 595 g/mol. The largest absolute Gasteiger partial charge is 0.344 e. The van der Waals surface area contributed by atoms with E-state index < -0.39 is 12.5 Å². The number of hydrogen-bond acceptors (Lipinski definition) is 6. The summed E-state index contributed by atoms with van der Waals surface area (Å²) in [5.41, 5.74) is 3.97. The fraction of sp³-hybridized carbons (Fsp3) is 0.484. The van der Waals surface area contributed by atoms with Crippen LogP contribution in [0.2, 0.25) is 0 Å². The molecule has 222 valence electrons. The number of benzene rings is 1. The van der Waals surface area contributed by atoms with Crippen molar-refractivity contribution in [3.05, 3.63) is 77.2 Å². The van der Waals surface area contributed by atoms with Crippen molar-refractivity contribution >= 4 is 29.6 Å². The molecule has 2 aromatic heterocycles. The van der Waals surface area contributed by atoms with E-state index in [4.69, 9.17) is 0 Å². The van der Waals surface area contributed by atoms with Crippen LogP contribution in [0.4, 0.5) is 14.6 Å². The van der Waals surface area contributed by atoms with Crippen LogP contribution in [0.5, 0.6) is 0 Å². The number of hydrogen-bond donors (Lipinski definition) is 1. The number of aromatic nitrogens is 3. The van der Waals surface area contributed by atoms with Gasteiger partial charge in [-0.3, -0.25) is 23.6 Å². The monoisotopic (exact) mass is 594 g/mol. The molecule has 3 atom stereocenters. The molecule has 3 aliphatic rings. The molecule has 1 aromatic carbocycles. The SMILES string of the molecule is CC1CC(C(F)F)N(c2ccn(CC(=O)N3CCC(c4ccnc(C(=O)NC5CCCc6ccccc65)c4)CC3)n2)S1. The fourth-order valence-corrected chi connectivity index (χ4v) is 7.61. The normalized spacial score (nSPS) is 22.8. The molecule has 2 aliphatic heterocycles. The first-order chi connectivity index (χ1) is 20.4. The molecule has 2 saturated heterocycles. The lowest BCUT2D eigenvalue weighted by Gasteiger charge is -2.32. The van der Waals surface area contributed by atoms with Crippen LogP contribution in [0, 0.1) is 0 Å². The van der Waals surface area contributed by atoms with E-state index in [1.807, 2.05) is 36.1 Å². The van der Waals surface area contributed by atoms with Gasteiger partial charge in [0.25, 0.3) is 12.3 Å². The number of fused-ring (bicyclic) bond motifs is 1. The van der Waals surface area contributed by atoms with Gasteiger partial charge in [-0.15, -0.1) is 0 Å². The van der Waals surface area contributed by atoms with E-state index in [2.05, 4.69) is 27.5 Å². The minimum atomic E-state index is -2.45.